The van der Waals surface area contributed by atoms with Crippen molar-refractivity contribution < 1.29 is 4.79 Å². The van der Waals surface area contributed by atoms with E-state index < -0.39 is 0 Å². The van der Waals surface area contributed by atoms with Crippen LogP contribution in [-0.2, 0) is 11.3 Å². The molecule has 2 atom stereocenters. The van der Waals surface area contributed by atoms with Crippen LogP contribution in [-0.4, -0.2) is 11.9 Å². The van der Waals surface area contributed by atoms with Crippen molar-refractivity contribution in [2.45, 2.75) is 38.4 Å². The first kappa shape index (κ1) is 17.0. The van der Waals surface area contributed by atoms with E-state index in [1.54, 1.807) is 0 Å². The Hall–Kier alpha value is -1.84. The highest BCUT2D eigenvalue weighted by atomic mass is 35.5. The third-order valence-electron chi connectivity index (χ3n) is 4.49. The van der Waals surface area contributed by atoms with E-state index in [-0.39, 0.29) is 18.0 Å². The molecule has 3 rings (SSSR count). The van der Waals surface area contributed by atoms with E-state index in [9.17, 15) is 4.79 Å². The number of carbonyl (C=O) groups is 1. The Labute approximate surface area is 148 Å². The molecule has 0 aromatic heterocycles. The first-order valence-corrected chi connectivity index (χ1v) is 8.85. The Morgan fingerprint density at radius 1 is 1.12 bits per heavy atom. The quantitative estimate of drug-likeness (QED) is 0.795. The standard InChI is InChI=1S/C20H23ClN2O/c1-14(20(24)22-13-17-9-5-6-10-18(17)21)23-19(16-11-12-16)15-7-3-2-4-8-15/h2-10,14,16,19,23H,11-13H2,1H3,(H,22,24). The summed E-state index contributed by atoms with van der Waals surface area (Å²) in [5.74, 6) is 0.628. The maximum absolute atomic E-state index is 12.4. The van der Waals surface area contributed by atoms with Gasteiger partial charge in [0.25, 0.3) is 0 Å². The Kier molecular flexibility index (Phi) is 5.54. The van der Waals surface area contributed by atoms with Crippen molar-refractivity contribution in [1.29, 1.82) is 0 Å². The van der Waals surface area contributed by atoms with Crippen LogP contribution in [0.5, 0.6) is 0 Å². The van der Waals surface area contributed by atoms with Gasteiger partial charge in [-0.05, 0) is 42.9 Å². The number of amides is 1. The molecule has 2 aromatic carbocycles. The predicted molar refractivity (Wildman–Crippen MR) is 97.8 cm³/mol. The minimum atomic E-state index is -0.252. The summed E-state index contributed by atoms with van der Waals surface area (Å²) in [7, 11) is 0. The summed E-state index contributed by atoms with van der Waals surface area (Å²) in [5, 5.41) is 7.15. The molecular formula is C20H23ClN2O. The number of rotatable bonds is 7. The molecule has 0 spiro atoms. The number of benzene rings is 2. The fourth-order valence-corrected chi connectivity index (χ4v) is 3.12. The second kappa shape index (κ2) is 7.82. The summed E-state index contributed by atoms with van der Waals surface area (Å²) in [5.41, 5.74) is 2.19. The van der Waals surface area contributed by atoms with Gasteiger partial charge in [-0.3, -0.25) is 10.1 Å². The molecule has 4 heteroatoms. The van der Waals surface area contributed by atoms with Crippen molar-refractivity contribution in [2.75, 3.05) is 0 Å². The average Bonchev–Trinajstić information content (AvgIpc) is 3.44. The van der Waals surface area contributed by atoms with Crippen LogP contribution >= 0.6 is 11.6 Å². The molecule has 24 heavy (non-hydrogen) atoms. The molecule has 2 aromatic rings. The van der Waals surface area contributed by atoms with Gasteiger partial charge in [-0.2, -0.15) is 0 Å². The second-order valence-electron chi connectivity index (χ2n) is 6.42. The molecule has 2 N–H and O–H groups in total. The third-order valence-corrected chi connectivity index (χ3v) is 4.85. The number of hydrogen-bond donors (Lipinski definition) is 2. The zero-order valence-electron chi connectivity index (χ0n) is 13.8. The van der Waals surface area contributed by atoms with Crippen molar-refractivity contribution >= 4 is 17.5 Å². The Balaban J connectivity index is 1.58. The third kappa shape index (κ3) is 4.37. The van der Waals surface area contributed by atoms with E-state index in [2.05, 4.69) is 34.9 Å². The molecule has 0 bridgehead atoms. The van der Waals surface area contributed by atoms with E-state index in [1.165, 1.54) is 18.4 Å². The van der Waals surface area contributed by atoms with Gasteiger partial charge in [0, 0.05) is 17.6 Å². The van der Waals surface area contributed by atoms with Crippen LogP contribution in [0, 0.1) is 5.92 Å². The highest BCUT2D eigenvalue weighted by Crippen LogP contribution is 2.41. The van der Waals surface area contributed by atoms with Crippen LogP contribution in [0.3, 0.4) is 0 Å². The normalized spacial score (nSPS) is 16.4. The highest BCUT2D eigenvalue weighted by molar-refractivity contribution is 6.31. The van der Waals surface area contributed by atoms with Crippen LogP contribution in [0.15, 0.2) is 54.6 Å². The van der Waals surface area contributed by atoms with Crippen molar-refractivity contribution in [2.24, 2.45) is 5.92 Å². The molecule has 126 valence electrons. The Morgan fingerprint density at radius 3 is 2.46 bits per heavy atom. The van der Waals surface area contributed by atoms with E-state index in [4.69, 9.17) is 11.6 Å². The maximum Gasteiger partial charge on any atom is 0.237 e. The molecule has 0 radical (unpaired) electrons. The van der Waals surface area contributed by atoms with Crippen LogP contribution in [0.25, 0.3) is 0 Å². The predicted octanol–water partition coefficient (Wildman–Crippen LogP) is 4.09. The molecule has 1 amide bonds. The summed E-state index contributed by atoms with van der Waals surface area (Å²) in [6.45, 7) is 2.37. The molecule has 0 aliphatic heterocycles. The molecule has 2 unspecified atom stereocenters. The molecule has 1 aliphatic rings. The molecule has 0 heterocycles. The number of hydrogen-bond acceptors (Lipinski definition) is 2. The van der Waals surface area contributed by atoms with Gasteiger partial charge in [0.2, 0.25) is 5.91 Å². The van der Waals surface area contributed by atoms with Crippen LogP contribution < -0.4 is 10.6 Å². The topological polar surface area (TPSA) is 41.1 Å². The summed E-state index contributed by atoms with van der Waals surface area (Å²) in [4.78, 5) is 12.4. The molecular weight excluding hydrogens is 320 g/mol. The van der Waals surface area contributed by atoms with Gasteiger partial charge in [0.1, 0.15) is 0 Å². The number of halogens is 1. The Morgan fingerprint density at radius 2 is 1.79 bits per heavy atom. The van der Waals surface area contributed by atoms with Crippen molar-refractivity contribution in [1.82, 2.24) is 10.6 Å². The van der Waals surface area contributed by atoms with Gasteiger partial charge in [-0.15, -0.1) is 0 Å². The lowest BCUT2D eigenvalue weighted by molar-refractivity contribution is -0.123. The largest absolute Gasteiger partial charge is 0.351 e. The lowest BCUT2D eigenvalue weighted by Crippen LogP contribution is -2.44. The van der Waals surface area contributed by atoms with E-state index in [1.807, 2.05) is 37.3 Å². The first-order valence-electron chi connectivity index (χ1n) is 8.47. The summed E-state index contributed by atoms with van der Waals surface area (Å²) in [6, 6.07) is 17.9. The van der Waals surface area contributed by atoms with Crippen LogP contribution in [0.4, 0.5) is 0 Å². The summed E-state index contributed by atoms with van der Waals surface area (Å²) < 4.78 is 0. The lowest BCUT2D eigenvalue weighted by Gasteiger charge is -2.23. The monoisotopic (exact) mass is 342 g/mol. The highest BCUT2D eigenvalue weighted by Gasteiger charge is 2.33. The molecule has 0 saturated heterocycles. The van der Waals surface area contributed by atoms with Crippen molar-refractivity contribution in [3.05, 3.63) is 70.7 Å². The molecule has 1 fully saturated rings. The first-order chi connectivity index (χ1) is 11.6. The minimum absolute atomic E-state index is 0.00324. The van der Waals surface area contributed by atoms with Gasteiger partial charge >= 0.3 is 0 Å². The van der Waals surface area contributed by atoms with E-state index >= 15 is 0 Å². The van der Waals surface area contributed by atoms with Crippen LogP contribution in [0.1, 0.15) is 36.9 Å². The average molecular weight is 343 g/mol. The minimum Gasteiger partial charge on any atom is -0.351 e. The number of nitrogens with one attached hydrogen (secondary N) is 2. The smallest absolute Gasteiger partial charge is 0.237 e. The van der Waals surface area contributed by atoms with Gasteiger partial charge in [0.15, 0.2) is 0 Å². The van der Waals surface area contributed by atoms with Gasteiger partial charge < -0.3 is 5.32 Å². The maximum atomic E-state index is 12.4. The fraction of sp³-hybridized carbons (Fsp3) is 0.350. The van der Waals surface area contributed by atoms with Gasteiger partial charge in [-0.1, -0.05) is 60.1 Å². The zero-order valence-corrected chi connectivity index (χ0v) is 14.6. The summed E-state index contributed by atoms with van der Waals surface area (Å²) >= 11 is 6.13. The van der Waals surface area contributed by atoms with Crippen molar-refractivity contribution in [3.8, 4) is 0 Å². The van der Waals surface area contributed by atoms with Gasteiger partial charge in [-0.25, -0.2) is 0 Å². The van der Waals surface area contributed by atoms with Crippen molar-refractivity contribution in [3.63, 3.8) is 0 Å². The molecule has 1 aliphatic carbocycles. The SMILES string of the molecule is CC(NC(c1ccccc1)C1CC1)C(=O)NCc1ccccc1Cl. The van der Waals surface area contributed by atoms with E-state index in [0.717, 1.165) is 5.56 Å². The van der Waals surface area contributed by atoms with E-state index in [0.29, 0.717) is 17.5 Å². The molecule has 1 saturated carbocycles. The second-order valence-corrected chi connectivity index (χ2v) is 6.83. The summed E-state index contributed by atoms with van der Waals surface area (Å²) in [6.07, 6.45) is 2.45. The van der Waals surface area contributed by atoms with Crippen LogP contribution in [0.2, 0.25) is 5.02 Å². The fourth-order valence-electron chi connectivity index (χ4n) is 2.92. The zero-order chi connectivity index (χ0) is 16.9. The molecule has 3 nitrogen and oxygen atoms in total. The lowest BCUT2D eigenvalue weighted by atomic mass is 10.0. The van der Waals surface area contributed by atoms with Gasteiger partial charge in [0.05, 0.1) is 6.04 Å². The number of carbonyl (C=O) groups excluding carboxylic acids is 1. The Bertz CT molecular complexity index is 685.